The molecule has 1 N–H and O–H groups in total. The zero-order chi connectivity index (χ0) is 18.4. The molecule has 0 unspecified atom stereocenters. The van der Waals surface area contributed by atoms with Crippen LogP contribution in [0.4, 0.5) is 10.1 Å². The number of esters is 1. The van der Waals surface area contributed by atoms with Gasteiger partial charge in [0.2, 0.25) is 0 Å². The van der Waals surface area contributed by atoms with E-state index in [-0.39, 0.29) is 5.56 Å². The van der Waals surface area contributed by atoms with Gasteiger partial charge < -0.3 is 10.1 Å². The van der Waals surface area contributed by atoms with Gasteiger partial charge in [-0.3, -0.25) is 4.79 Å². The summed E-state index contributed by atoms with van der Waals surface area (Å²) in [6, 6.07) is 11.6. The Morgan fingerprint density at radius 1 is 1.20 bits per heavy atom. The highest BCUT2D eigenvalue weighted by Gasteiger charge is 2.14. The molecule has 1 atom stereocenters. The van der Waals surface area contributed by atoms with Gasteiger partial charge in [0.1, 0.15) is 5.82 Å². The van der Waals surface area contributed by atoms with Crippen molar-refractivity contribution in [2.24, 2.45) is 0 Å². The van der Waals surface area contributed by atoms with E-state index in [0.29, 0.717) is 17.2 Å². The van der Waals surface area contributed by atoms with E-state index in [0.717, 1.165) is 18.1 Å². The largest absolute Gasteiger partial charge is 0.452 e. The zero-order valence-corrected chi connectivity index (χ0v) is 14.6. The Kier molecular flexibility index (Phi) is 6.28. The van der Waals surface area contributed by atoms with Gasteiger partial charge in [-0.05, 0) is 48.6 Å². The minimum absolute atomic E-state index is 0.0795. The summed E-state index contributed by atoms with van der Waals surface area (Å²) in [4.78, 5) is 24.0. The molecular weight excluding hydrogens is 321 g/mol. The molecule has 0 saturated heterocycles. The first-order valence-corrected chi connectivity index (χ1v) is 8.24. The molecule has 132 valence electrons. The van der Waals surface area contributed by atoms with Gasteiger partial charge >= 0.3 is 5.97 Å². The predicted octanol–water partition coefficient (Wildman–Crippen LogP) is 4.44. The highest BCUT2D eigenvalue weighted by atomic mass is 19.1. The van der Waals surface area contributed by atoms with Crippen LogP contribution in [0.1, 0.15) is 47.7 Å². The summed E-state index contributed by atoms with van der Waals surface area (Å²) in [5.74, 6) is -1.35. The number of nitrogens with one attached hydrogen (secondary N) is 1. The second-order valence-electron chi connectivity index (χ2n) is 5.98. The van der Waals surface area contributed by atoms with Crippen molar-refractivity contribution in [3.05, 3.63) is 65.0 Å². The standard InChI is InChI=1S/C20H22FNO3/c1-4-13(2)16-7-5-6-8-18(16)22-19(23)12-25-20(24)15-10-9-14(3)17(21)11-15/h5-11,13H,4,12H2,1-3H3,(H,22,23)/t13-/m0/s1. The number of hydrogen-bond acceptors (Lipinski definition) is 3. The van der Waals surface area contributed by atoms with Crippen LogP contribution in [0.3, 0.4) is 0 Å². The second kappa shape index (κ2) is 8.42. The fourth-order valence-electron chi connectivity index (χ4n) is 2.38. The van der Waals surface area contributed by atoms with Gasteiger partial charge in [0.05, 0.1) is 5.56 Å². The fourth-order valence-corrected chi connectivity index (χ4v) is 2.38. The maximum atomic E-state index is 13.5. The van der Waals surface area contributed by atoms with Crippen molar-refractivity contribution >= 4 is 17.6 Å². The van der Waals surface area contributed by atoms with Gasteiger partial charge in [0, 0.05) is 5.69 Å². The van der Waals surface area contributed by atoms with Crippen molar-refractivity contribution in [3.8, 4) is 0 Å². The summed E-state index contributed by atoms with van der Waals surface area (Å²) in [6.07, 6.45) is 0.945. The topological polar surface area (TPSA) is 55.4 Å². The van der Waals surface area contributed by atoms with Gasteiger partial charge in [-0.1, -0.05) is 38.1 Å². The lowest BCUT2D eigenvalue weighted by Gasteiger charge is -2.15. The molecule has 2 aromatic rings. The number of carbonyl (C=O) groups is 2. The summed E-state index contributed by atoms with van der Waals surface area (Å²) in [7, 11) is 0. The van der Waals surface area contributed by atoms with Crippen molar-refractivity contribution in [1.82, 2.24) is 0 Å². The molecule has 0 saturated carbocycles. The first-order chi connectivity index (χ1) is 11.9. The van der Waals surface area contributed by atoms with Crippen LogP contribution < -0.4 is 5.32 Å². The Bertz CT molecular complexity index is 773. The number of anilines is 1. The van der Waals surface area contributed by atoms with E-state index in [1.807, 2.05) is 24.3 Å². The minimum Gasteiger partial charge on any atom is -0.452 e. The number of hydrogen-bond donors (Lipinski definition) is 1. The lowest BCUT2D eigenvalue weighted by Crippen LogP contribution is -2.21. The van der Waals surface area contributed by atoms with Crippen LogP contribution in [0.2, 0.25) is 0 Å². The summed E-state index contributed by atoms with van der Waals surface area (Å²) >= 11 is 0. The second-order valence-corrected chi connectivity index (χ2v) is 5.98. The molecule has 0 aliphatic rings. The fraction of sp³-hybridized carbons (Fsp3) is 0.300. The molecule has 0 aromatic heterocycles. The lowest BCUT2D eigenvalue weighted by molar-refractivity contribution is -0.119. The molecule has 0 heterocycles. The number of halogens is 1. The van der Waals surface area contributed by atoms with Crippen molar-refractivity contribution in [3.63, 3.8) is 0 Å². The smallest absolute Gasteiger partial charge is 0.338 e. The average molecular weight is 343 g/mol. The summed E-state index contributed by atoms with van der Waals surface area (Å²) < 4.78 is 18.5. The van der Waals surface area contributed by atoms with E-state index in [1.54, 1.807) is 6.92 Å². The third kappa shape index (κ3) is 4.89. The van der Waals surface area contributed by atoms with Crippen molar-refractivity contribution in [1.29, 1.82) is 0 Å². The molecule has 25 heavy (non-hydrogen) atoms. The maximum absolute atomic E-state index is 13.5. The van der Waals surface area contributed by atoms with Gasteiger partial charge in [0.15, 0.2) is 6.61 Å². The number of aryl methyl sites for hydroxylation is 1. The van der Waals surface area contributed by atoms with Crippen molar-refractivity contribution in [2.45, 2.75) is 33.1 Å². The molecule has 0 spiro atoms. The molecule has 0 aliphatic carbocycles. The Labute approximate surface area is 147 Å². The lowest BCUT2D eigenvalue weighted by atomic mass is 9.97. The molecule has 5 heteroatoms. The number of benzene rings is 2. The average Bonchev–Trinajstić information content (AvgIpc) is 2.61. The molecule has 0 aliphatic heterocycles. The van der Waals surface area contributed by atoms with E-state index in [9.17, 15) is 14.0 Å². The number of amides is 1. The normalized spacial score (nSPS) is 11.7. The Balaban J connectivity index is 1.97. The summed E-state index contributed by atoms with van der Waals surface area (Å²) in [5.41, 5.74) is 2.26. The maximum Gasteiger partial charge on any atom is 0.338 e. The number of ether oxygens (including phenoxy) is 1. The number of rotatable bonds is 6. The van der Waals surface area contributed by atoms with Gasteiger partial charge in [-0.25, -0.2) is 9.18 Å². The molecule has 0 bridgehead atoms. The monoisotopic (exact) mass is 343 g/mol. The summed E-state index contributed by atoms with van der Waals surface area (Å²) in [6.45, 7) is 5.33. The molecular formula is C20H22FNO3. The molecule has 2 rings (SSSR count). The molecule has 0 radical (unpaired) electrons. The number of para-hydroxylation sites is 1. The molecule has 2 aromatic carbocycles. The van der Waals surface area contributed by atoms with Gasteiger partial charge in [-0.15, -0.1) is 0 Å². The third-order valence-electron chi connectivity index (χ3n) is 4.12. The molecule has 0 fully saturated rings. The van der Waals surface area contributed by atoms with Crippen molar-refractivity contribution < 1.29 is 18.7 Å². The van der Waals surface area contributed by atoms with Gasteiger partial charge in [-0.2, -0.15) is 0 Å². The zero-order valence-electron chi connectivity index (χ0n) is 14.6. The Hall–Kier alpha value is -2.69. The highest BCUT2D eigenvalue weighted by molar-refractivity contribution is 5.96. The highest BCUT2D eigenvalue weighted by Crippen LogP contribution is 2.26. The van der Waals surface area contributed by atoms with Crippen LogP contribution in [-0.2, 0) is 9.53 Å². The van der Waals surface area contributed by atoms with Crippen LogP contribution in [-0.4, -0.2) is 18.5 Å². The van der Waals surface area contributed by atoms with Crippen LogP contribution >= 0.6 is 0 Å². The third-order valence-corrected chi connectivity index (χ3v) is 4.12. The summed E-state index contributed by atoms with van der Waals surface area (Å²) in [5, 5.41) is 2.76. The van der Waals surface area contributed by atoms with Crippen LogP contribution in [0, 0.1) is 12.7 Å². The first-order valence-electron chi connectivity index (χ1n) is 8.24. The van der Waals surface area contributed by atoms with Crippen LogP contribution in [0.15, 0.2) is 42.5 Å². The van der Waals surface area contributed by atoms with Crippen LogP contribution in [0.25, 0.3) is 0 Å². The minimum atomic E-state index is -0.732. The molecule has 4 nitrogen and oxygen atoms in total. The van der Waals surface area contributed by atoms with Crippen LogP contribution in [0.5, 0.6) is 0 Å². The van der Waals surface area contributed by atoms with E-state index in [4.69, 9.17) is 4.74 Å². The van der Waals surface area contributed by atoms with E-state index < -0.39 is 24.3 Å². The van der Waals surface area contributed by atoms with E-state index >= 15 is 0 Å². The van der Waals surface area contributed by atoms with E-state index in [2.05, 4.69) is 19.2 Å². The van der Waals surface area contributed by atoms with Crippen molar-refractivity contribution in [2.75, 3.05) is 11.9 Å². The Morgan fingerprint density at radius 3 is 2.60 bits per heavy atom. The molecule has 1 amide bonds. The number of carbonyl (C=O) groups excluding carboxylic acids is 2. The SMILES string of the molecule is CC[C@H](C)c1ccccc1NC(=O)COC(=O)c1ccc(C)c(F)c1. The Morgan fingerprint density at radius 2 is 1.92 bits per heavy atom. The van der Waals surface area contributed by atoms with E-state index in [1.165, 1.54) is 12.1 Å². The predicted molar refractivity (Wildman–Crippen MR) is 95.2 cm³/mol. The quantitative estimate of drug-likeness (QED) is 0.789. The first kappa shape index (κ1) is 18.6. The van der Waals surface area contributed by atoms with Gasteiger partial charge in [0.25, 0.3) is 5.91 Å².